The predicted molar refractivity (Wildman–Crippen MR) is 61.9 cm³/mol. The highest BCUT2D eigenvalue weighted by atomic mass is 16.3. The second-order valence-corrected chi connectivity index (χ2v) is 3.83. The van der Waals surface area contributed by atoms with Crippen molar-refractivity contribution < 1.29 is 9.90 Å². The minimum absolute atomic E-state index is 0.00310. The lowest BCUT2D eigenvalue weighted by Gasteiger charge is -2.26. The van der Waals surface area contributed by atoms with Gasteiger partial charge in [0.2, 0.25) is 5.95 Å². The number of aromatic amines is 1. The molecular formula is C9H13N5O3. The number of carbonyl (C=O) groups excluding carboxylic acids is 1. The fourth-order valence-electron chi connectivity index (χ4n) is 1.64. The van der Waals surface area contributed by atoms with Gasteiger partial charge in [0.15, 0.2) is 11.6 Å². The standard InChI is InChI=1S/C9H13N5O3/c1-3(15)6(16)4-2-11-7-5(12-4)8(17)14-9(10)13-7/h3-4,12,15H,2H2,1H3,(H4,10,11,13,14,17)/t3-,4-/m0/s1. The van der Waals surface area contributed by atoms with Gasteiger partial charge in [-0.3, -0.25) is 14.6 Å². The highest BCUT2D eigenvalue weighted by Gasteiger charge is 2.28. The second-order valence-electron chi connectivity index (χ2n) is 3.83. The van der Waals surface area contributed by atoms with E-state index in [4.69, 9.17) is 5.73 Å². The molecule has 6 N–H and O–H groups in total. The Hall–Kier alpha value is -2.09. The molecule has 0 radical (unpaired) electrons. The van der Waals surface area contributed by atoms with Crippen LogP contribution in [0.5, 0.6) is 0 Å². The zero-order valence-electron chi connectivity index (χ0n) is 9.15. The van der Waals surface area contributed by atoms with Crippen molar-refractivity contribution in [3.05, 3.63) is 10.4 Å². The van der Waals surface area contributed by atoms with Gasteiger partial charge in [-0.1, -0.05) is 0 Å². The molecule has 2 rings (SSSR count). The smallest absolute Gasteiger partial charge is 0.277 e. The van der Waals surface area contributed by atoms with Crippen LogP contribution >= 0.6 is 0 Å². The molecule has 8 nitrogen and oxygen atoms in total. The molecule has 8 heteroatoms. The molecule has 1 aliphatic heterocycles. The first-order valence-electron chi connectivity index (χ1n) is 5.11. The van der Waals surface area contributed by atoms with Crippen molar-refractivity contribution in [2.24, 2.45) is 0 Å². The molecule has 0 unspecified atom stereocenters. The first-order valence-corrected chi connectivity index (χ1v) is 5.11. The number of carbonyl (C=O) groups is 1. The summed E-state index contributed by atoms with van der Waals surface area (Å²) in [5, 5.41) is 14.8. The summed E-state index contributed by atoms with van der Waals surface area (Å²) < 4.78 is 0. The maximum Gasteiger partial charge on any atom is 0.277 e. The summed E-state index contributed by atoms with van der Waals surface area (Å²) in [6.07, 6.45) is -1.09. The van der Waals surface area contributed by atoms with E-state index in [0.717, 1.165) is 0 Å². The molecule has 0 aromatic carbocycles. The predicted octanol–water partition coefficient (Wildman–Crippen LogP) is -1.49. The number of nitrogens with one attached hydrogen (secondary N) is 3. The number of aromatic nitrogens is 2. The van der Waals surface area contributed by atoms with Crippen LogP contribution in [0, 0.1) is 0 Å². The van der Waals surface area contributed by atoms with Gasteiger partial charge in [-0.15, -0.1) is 0 Å². The van der Waals surface area contributed by atoms with E-state index in [2.05, 4.69) is 20.6 Å². The van der Waals surface area contributed by atoms with Gasteiger partial charge < -0.3 is 21.5 Å². The van der Waals surface area contributed by atoms with E-state index < -0.39 is 17.7 Å². The average molecular weight is 239 g/mol. The average Bonchev–Trinajstić information content (AvgIpc) is 2.27. The van der Waals surface area contributed by atoms with Crippen molar-refractivity contribution in [1.29, 1.82) is 0 Å². The number of ketones is 1. The molecular weight excluding hydrogens is 226 g/mol. The lowest BCUT2D eigenvalue weighted by molar-refractivity contribution is -0.126. The fourth-order valence-corrected chi connectivity index (χ4v) is 1.64. The van der Waals surface area contributed by atoms with Crippen LogP contribution < -0.4 is 21.9 Å². The van der Waals surface area contributed by atoms with Crippen LogP contribution in [-0.2, 0) is 4.79 Å². The number of aliphatic hydroxyl groups excluding tert-OH is 1. The summed E-state index contributed by atoms with van der Waals surface area (Å²) in [7, 11) is 0. The monoisotopic (exact) mass is 239 g/mol. The van der Waals surface area contributed by atoms with Gasteiger partial charge in [-0.25, -0.2) is 0 Å². The molecule has 0 aliphatic carbocycles. The van der Waals surface area contributed by atoms with Gasteiger partial charge >= 0.3 is 0 Å². The van der Waals surface area contributed by atoms with Crippen LogP contribution in [0.1, 0.15) is 6.92 Å². The van der Waals surface area contributed by atoms with Gasteiger partial charge in [0.05, 0.1) is 0 Å². The summed E-state index contributed by atoms with van der Waals surface area (Å²) in [5.74, 6) is -0.0800. The highest BCUT2D eigenvalue weighted by Crippen LogP contribution is 2.20. The molecule has 0 saturated carbocycles. The summed E-state index contributed by atoms with van der Waals surface area (Å²) in [6, 6.07) is -0.658. The van der Waals surface area contributed by atoms with Crippen LogP contribution in [0.25, 0.3) is 0 Å². The molecule has 1 aromatic rings. The second kappa shape index (κ2) is 4.06. The molecule has 0 amide bonds. The van der Waals surface area contributed by atoms with E-state index >= 15 is 0 Å². The zero-order chi connectivity index (χ0) is 12.6. The van der Waals surface area contributed by atoms with Crippen LogP contribution in [-0.4, -0.2) is 39.5 Å². The number of rotatable bonds is 2. The van der Waals surface area contributed by atoms with Crippen LogP contribution in [0.4, 0.5) is 17.5 Å². The van der Waals surface area contributed by atoms with Crippen molar-refractivity contribution in [2.75, 3.05) is 22.9 Å². The third kappa shape index (κ3) is 2.07. The minimum atomic E-state index is -1.09. The first-order chi connectivity index (χ1) is 7.99. The normalized spacial score (nSPS) is 19.8. The Morgan fingerprint density at radius 1 is 1.65 bits per heavy atom. The van der Waals surface area contributed by atoms with E-state index in [0.29, 0.717) is 5.82 Å². The molecule has 2 atom stereocenters. The van der Waals surface area contributed by atoms with Crippen LogP contribution in [0.3, 0.4) is 0 Å². The number of anilines is 3. The molecule has 0 spiro atoms. The summed E-state index contributed by atoms with van der Waals surface area (Å²) in [5.41, 5.74) is 5.09. The molecule has 1 aromatic heterocycles. The Balaban J connectivity index is 2.31. The van der Waals surface area contributed by atoms with E-state index in [1.165, 1.54) is 6.92 Å². The molecule has 17 heavy (non-hydrogen) atoms. The minimum Gasteiger partial charge on any atom is -0.386 e. The largest absolute Gasteiger partial charge is 0.386 e. The third-order valence-corrected chi connectivity index (χ3v) is 2.49. The number of nitrogen functional groups attached to an aromatic ring is 1. The Morgan fingerprint density at radius 3 is 3.00 bits per heavy atom. The van der Waals surface area contributed by atoms with Crippen LogP contribution in [0.15, 0.2) is 4.79 Å². The molecule has 92 valence electrons. The highest BCUT2D eigenvalue weighted by molar-refractivity contribution is 5.92. The maximum atomic E-state index is 11.6. The maximum absolute atomic E-state index is 11.6. The Labute approximate surface area is 96.2 Å². The van der Waals surface area contributed by atoms with E-state index in [1.54, 1.807) is 0 Å². The van der Waals surface area contributed by atoms with E-state index in [1.807, 2.05) is 0 Å². The van der Waals surface area contributed by atoms with Gasteiger partial charge in [0, 0.05) is 6.54 Å². The molecule has 0 bridgehead atoms. The number of aliphatic hydroxyl groups is 1. The number of H-pyrrole nitrogens is 1. The number of hydrogen-bond acceptors (Lipinski definition) is 7. The van der Waals surface area contributed by atoms with Gasteiger partial charge in [0.25, 0.3) is 5.56 Å². The Bertz CT molecular complexity index is 510. The van der Waals surface area contributed by atoms with Gasteiger partial charge in [-0.05, 0) is 6.92 Å². The molecule has 0 fully saturated rings. The number of nitrogens with zero attached hydrogens (tertiary/aromatic N) is 1. The quantitative estimate of drug-likeness (QED) is 0.424. The molecule has 2 heterocycles. The number of nitrogens with two attached hydrogens (primary N) is 1. The van der Waals surface area contributed by atoms with Crippen molar-refractivity contribution >= 4 is 23.2 Å². The fraction of sp³-hybridized carbons (Fsp3) is 0.444. The summed E-state index contributed by atoms with van der Waals surface area (Å²) in [4.78, 5) is 29.4. The third-order valence-electron chi connectivity index (χ3n) is 2.49. The first kappa shape index (κ1) is 11.4. The number of Topliss-reactive ketones (excluding diaryl/α,β-unsaturated/α-hetero) is 1. The van der Waals surface area contributed by atoms with E-state index in [-0.39, 0.29) is 24.0 Å². The molecule has 1 aliphatic rings. The number of hydrogen-bond donors (Lipinski definition) is 5. The van der Waals surface area contributed by atoms with Crippen molar-refractivity contribution in [3.8, 4) is 0 Å². The zero-order valence-corrected chi connectivity index (χ0v) is 9.15. The summed E-state index contributed by atoms with van der Waals surface area (Å²) in [6.45, 7) is 1.62. The van der Waals surface area contributed by atoms with Crippen molar-refractivity contribution in [2.45, 2.75) is 19.1 Å². The molecule has 0 saturated heterocycles. The summed E-state index contributed by atoms with van der Waals surface area (Å²) >= 11 is 0. The Morgan fingerprint density at radius 2 is 2.35 bits per heavy atom. The Kier molecular flexibility index (Phi) is 2.72. The topological polar surface area (TPSA) is 133 Å². The lowest BCUT2D eigenvalue weighted by Crippen LogP contribution is -2.45. The van der Waals surface area contributed by atoms with E-state index in [9.17, 15) is 14.7 Å². The SMILES string of the molecule is C[C@H](O)C(=O)[C@@H]1CNc2nc(N)[nH]c(=O)c2N1. The van der Waals surface area contributed by atoms with Crippen LogP contribution in [0.2, 0.25) is 0 Å². The van der Waals surface area contributed by atoms with Crippen molar-refractivity contribution in [3.63, 3.8) is 0 Å². The van der Waals surface area contributed by atoms with Crippen molar-refractivity contribution in [1.82, 2.24) is 9.97 Å². The number of fused-ring (bicyclic) bond motifs is 1. The lowest BCUT2D eigenvalue weighted by atomic mass is 10.1. The van der Waals surface area contributed by atoms with Gasteiger partial charge in [-0.2, -0.15) is 4.98 Å². The van der Waals surface area contributed by atoms with Gasteiger partial charge in [0.1, 0.15) is 17.8 Å².